The molecule has 0 aliphatic carbocycles. The molecule has 2 heterocycles. The summed E-state index contributed by atoms with van der Waals surface area (Å²) in [5.41, 5.74) is 0.711. The summed E-state index contributed by atoms with van der Waals surface area (Å²) in [4.78, 5) is 22.6. The van der Waals surface area contributed by atoms with Gasteiger partial charge in [-0.05, 0) is 26.8 Å². The van der Waals surface area contributed by atoms with Crippen molar-refractivity contribution < 1.29 is 19.1 Å². The van der Waals surface area contributed by atoms with Crippen molar-refractivity contribution in [1.82, 2.24) is 20.3 Å². The van der Waals surface area contributed by atoms with Crippen LogP contribution >= 0.6 is 0 Å². The Bertz CT molecular complexity index is 674. The molecule has 2 rings (SSSR count). The first-order chi connectivity index (χ1) is 9.86. The van der Waals surface area contributed by atoms with Gasteiger partial charge in [0.25, 0.3) is 0 Å². The van der Waals surface area contributed by atoms with E-state index in [0.717, 1.165) is 17.1 Å². The molecule has 0 aliphatic heterocycles. The highest BCUT2D eigenvalue weighted by Gasteiger charge is 2.16. The highest BCUT2D eigenvalue weighted by atomic mass is 16.4. The molecule has 8 heteroatoms. The van der Waals surface area contributed by atoms with Crippen LogP contribution < -0.4 is 5.32 Å². The Morgan fingerprint density at radius 3 is 2.71 bits per heavy atom. The normalized spacial score (nSPS) is 12.1. The van der Waals surface area contributed by atoms with Gasteiger partial charge in [-0.2, -0.15) is 0 Å². The third kappa shape index (κ3) is 3.47. The lowest BCUT2D eigenvalue weighted by atomic mass is 10.1. The van der Waals surface area contributed by atoms with Crippen LogP contribution in [0.25, 0.3) is 0 Å². The number of carbonyl (C=O) groups excluding carboxylic acids is 1. The van der Waals surface area contributed by atoms with Crippen LogP contribution in [-0.2, 0) is 11.3 Å². The number of furan rings is 1. The zero-order chi connectivity index (χ0) is 15.6. The number of carboxylic acids is 1. The lowest BCUT2D eigenvalue weighted by Gasteiger charge is -2.12. The van der Waals surface area contributed by atoms with Crippen LogP contribution in [0.15, 0.2) is 16.7 Å². The largest absolute Gasteiger partial charge is 0.476 e. The maximum Gasteiger partial charge on any atom is 0.358 e. The predicted octanol–water partition coefficient (Wildman–Crippen LogP) is 1.06. The highest BCUT2D eigenvalue weighted by molar-refractivity contribution is 5.84. The number of hydrogen-bond donors (Lipinski definition) is 2. The molecular weight excluding hydrogens is 276 g/mol. The average molecular weight is 292 g/mol. The van der Waals surface area contributed by atoms with Gasteiger partial charge in [-0.15, -0.1) is 5.10 Å². The number of rotatable bonds is 5. The van der Waals surface area contributed by atoms with E-state index in [1.807, 2.05) is 26.8 Å². The fraction of sp³-hybridized carbons (Fsp3) is 0.385. The van der Waals surface area contributed by atoms with Crippen molar-refractivity contribution in [1.29, 1.82) is 0 Å². The lowest BCUT2D eigenvalue weighted by Crippen LogP contribution is -2.30. The summed E-state index contributed by atoms with van der Waals surface area (Å²) in [6.45, 7) is 5.43. The Morgan fingerprint density at radius 1 is 1.48 bits per heavy atom. The molecule has 8 nitrogen and oxygen atoms in total. The van der Waals surface area contributed by atoms with Crippen LogP contribution in [0.4, 0.5) is 0 Å². The molecule has 0 radical (unpaired) electrons. The van der Waals surface area contributed by atoms with Crippen molar-refractivity contribution in [3.8, 4) is 0 Å². The van der Waals surface area contributed by atoms with Crippen molar-refractivity contribution in [3.05, 3.63) is 35.0 Å². The van der Waals surface area contributed by atoms with Gasteiger partial charge in [0.2, 0.25) is 5.91 Å². The van der Waals surface area contributed by atoms with Crippen molar-refractivity contribution in [2.75, 3.05) is 0 Å². The molecule has 0 aliphatic rings. The van der Waals surface area contributed by atoms with Gasteiger partial charge < -0.3 is 14.8 Å². The smallest absolute Gasteiger partial charge is 0.358 e. The first kappa shape index (κ1) is 14.8. The first-order valence-corrected chi connectivity index (χ1v) is 6.36. The Labute approximate surface area is 120 Å². The van der Waals surface area contributed by atoms with Gasteiger partial charge in [0.05, 0.1) is 12.2 Å². The van der Waals surface area contributed by atoms with E-state index in [4.69, 9.17) is 9.52 Å². The molecule has 2 N–H and O–H groups in total. The minimum Gasteiger partial charge on any atom is -0.476 e. The first-order valence-electron chi connectivity index (χ1n) is 6.36. The summed E-state index contributed by atoms with van der Waals surface area (Å²) in [6.07, 6.45) is 1.21. The van der Waals surface area contributed by atoms with Gasteiger partial charge in [-0.1, -0.05) is 5.21 Å². The number of hydrogen-bond acceptors (Lipinski definition) is 5. The zero-order valence-electron chi connectivity index (χ0n) is 12.0. The maximum atomic E-state index is 11.9. The van der Waals surface area contributed by atoms with Crippen molar-refractivity contribution in [3.63, 3.8) is 0 Å². The molecule has 0 saturated heterocycles. The van der Waals surface area contributed by atoms with Gasteiger partial charge in [0, 0.05) is 5.56 Å². The molecular formula is C13H16N4O4. The molecule has 0 bridgehead atoms. The van der Waals surface area contributed by atoms with Gasteiger partial charge >= 0.3 is 5.97 Å². The summed E-state index contributed by atoms with van der Waals surface area (Å²) in [5.74, 6) is 0.0716. The van der Waals surface area contributed by atoms with E-state index < -0.39 is 5.97 Å². The summed E-state index contributed by atoms with van der Waals surface area (Å²) in [7, 11) is 0. The fourth-order valence-corrected chi connectivity index (χ4v) is 2.07. The average Bonchev–Trinajstić information content (AvgIpc) is 2.95. The molecule has 0 spiro atoms. The molecule has 1 atom stereocenters. The second-order valence-electron chi connectivity index (χ2n) is 4.76. The third-order valence-corrected chi connectivity index (χ3v) is 2.99. The molecule has 2 aromatic heterocycles. The van der Waals surface area contributed by atoms with Gasteiger partial charge in [0.1, 0.15) is 18.1 Å². The zero-order valence-corrected chi connectivity index (χ0v) is 12.0. The number of carbonyl (C=O) groups is 2. The van der Waals surface area contributed by atoms with E-state index in [0.29, 0.717) is 0 Å². The topological polar surface area (TPSA) is 110 Å². The molecule has 0 aromatic carbocycles. The molecule has 1 amide bonds. The number of carboxylic acid groups (broad SMARTS) is 1. The van der Waals surface area contributed by atoms with Crippen LogP contribution in [0.3, 0.4) is 0 Å². The van der Waals surface area contributed by atoms with Crippen LogP contribution in [0.2, 0.25) is 0 Å². The molecule has 0 fully saturated rings. The SMILES string of the molecule is Cc1cc(C(C)NC(=O)Cn2cc(C(=O)O)nn2)c(C)o1. The maximum absolute atomic E-state index is 11.9. The quantitative estimate of drug-likeness (QED) is 0.852. The summed E-state index contributed by atoms with van der Waals surface area (Å²) in [6, 6.07) is 1.66. The Hall–Kier alpha value is -2.64. The molecule has 112 valence electrons. The minimum atomic E-state index is -1.18. The van der Waals surface area contributed by atoms with E-state index in [1.54, 1.807) is 0 Å². The van der Waals surface area contributed by atoms with E-state index >= 15 is 0 Å². The van der Waals surface area contributed by atoms with Gasteiger partial charge in [0.15, 0.2) is 5.69 Å². The molecule has 21 heavy (non-hydrogen) atoms. The van der Waals surface area contributed by atoms with Crippen LogP contribution in [0.1, 0.15) is 40.5 Å². The number of amides is 1. The minimum absolute atomic E-state index is 0.0967. The number of aryl methyl sites for hydroxylation is 2. The van der Waals surface area contributed by atoms with E-state index in [2.05, 4.69) is 15.6 Å². The highest BCUT2D eigenvalue weighted by Crippen LogP contribution is 2.20. The number of nitrogens with zero attached hydrogens (tertiary/aromatic N) is 3. The number of aromatic nitrogens is 3. The molecule has 1 unspecified atom stereocenters. The number of aromatic carboxylic acids is 1. The summed E-state index contributed by atoms with van der Waals surface area (Å²) >= 11 is 0. The van der Waals surface area contributed by atoms with Crippen molar-refractivity contribution >= 4 is 11.9 Å². The Kier molecular flexibility index (Phi) is 4.06. The Balaban J connectivity index is 1.97. The van der Waals surface area contributed by atoms with E-state index in [9.17, 15) is 9.59 Å². The monoisotopic (exact) mass is 292 g/mol. The van der Waals surface area contributed by atoms with Crippen LogP contribution in [0, 0.1) is 13.8 Å². The fourth-order valence-electron chi connectivity index (χ4n) is 2.07. The predicted molar refractivity (Wildman–Crippen MR) is 71.7 cm³/mol. The summed E-state index contributed by atoms with van der Waals surface area (Å²) < 4.78 is 6.60. The summed E-state index contributed by atoms with van der Waals surface area (Å²) in [5, 5.41) is 18.6. The molecule has 0 saturated carbocycles. The van der Waals surface area contributed by atoms with Crippen molar-refractivity contribution in [2.24, 2.45) is 0 Å². The van der Waals surface area contributed by atoms with Crippen LogP contribution in [0.5, 0.6) is 0 Å². The lowest BCUT2D eigenvalue weighted by molar-refractivity contribution is -0.122. The Morgan fingerprint density at radius 2 is 2.19 bits per heavy atom. The second-order valence-corrected chi connectivity index (χ2v) is 4.76. The number of nitrogens with one attached hydrogen (secondary N) is 1. The second kappa shape index (κ2) is 5.78. The van der Waals surface area contributed by atoms with Crippen molar-refractivity contribution in [2.45, 2.75) is 33.4 Å². The molecule has 2 aromatic rings. The van der Waals surface area contributed by atoms with E-state index in [1.165, 1.54) is 10.9 Å². The van der Waals surface area contributed by atoms with Gasteiger partial charge in [-0.25, -0.2) is 9.48 Å². The van der Waals surface area contributed by atoms with Gasteiger partial charge in [-0.3, -0.25) is 4.79 Å². The van der Waals surface area contributed by atoms with E-state index in [-0.39, 0.29) is 24.2 Å². The standard InChI is InChI=1S/C13H16N4O4/c1-7-4-10(9(3)21-7)8(2)14-12(18)6-17-5-11(13(19)20)15-16-17/h4-5,8H,6H2,1-3H3,(H,14,18)(H,19,20). The third-order valence-electron chi connectivity index (χ3n) is 2.99. The van der Waals surface area contributed by atoms with Crippen LogP contribution in [-0.4, -0.2) is 32.0 Å².